The summed E-state index contributed by atoms with van der Waals surface area (Å²) in [7, 11) is 0. The van der Waals surface area contributed by atoms with Crippen molar-refractivity contribution < 1.29 is 22.4 Å². The van der Waals surface area contributed by atoms with Gasteiger partial charge in [0.25, 0.3) is 0 Å². The van der Waals surface area contributed by atoms with Crippen LogP contribution < -0.4 is 5.32 Å². The van der Waals surface area contributed by atoms with Gasteiger partial charge in [-0.15, -0.1) is 0 Å². The van der Waals surface area contributed by atoms with E-state index in [4.69, 9.17) is 5.26 Å². The first kappa shape index (κ1) is 17.3. The molecule has 1 aromatic carbocycles. The van der Waals surface area contributed by atoms with Crippen LogP contribution in [0.3, 0.4) is 0 Å². The summed E-state index contributed by atoms with van der Waals surface area (Å²) in [5.74, 6) is -1.16. The van der Waals surface area contributed by atoms with Gasteiger partial charge in [0.05, 0.1) is 17.2 Å². The normalized spacial score (nSPS) is 11.9. The summed E-state index contributed by atoms with van der Waals surface area (Å²) < 4.78 is 52.9. The van der Waals surface area contributed by atoms with Gasteiger partial charge in [-0.05, 0) is 31.2 Å². The quantitative estimate of drug-likeness (QED) is 0.679. The van der Waals surface area contributed by atoms with Crippen molar-refractivity contribution in [1.82, 2.24) is 4.57 Å². The van der Waals surface area contributed by atoms with Crippen molar-refractivity contribution in [3.05, 3.63) is 59.7 Å². The number of anilines is 1. The lowest BCUT2D eigenvalue weighted by molar-refractivity contribution is -0.137. The molecule has 4 nitrogen and oxygen atoms in total. The number of nitriles is 1. The Morgan fingerprint density at radius 3 is 2.58 bits per heavy atom. The zero-order chi connectivity index (χ0) is 17.9. The highest BCUT2D eigenvalue weighted by molar-refractivity contribution is 6.02. The molecule has 0 radical (unpaired) electrons. The van der Waals surface area contributed by atoms with E-state index >= 15 is 0 Å². The highest BCUT2D eigenvalue weighted by Crippen LogP contribution is 2.33. The van der Waals surface area contributed by atoms with E-state index in [1.165, 1.54) is 29.0 Å². The molecule has 1 aromatic heterocycles. The summed E-state index contributed by atoms with van der Waals surface area (Å²) in [6.45, 7) is 1.54. The lowest BCUT2D eigenvalue weighted by Crippen LogP contribution is -2.12. The number of carbonyl (C=O) groups is 1. The maximum Gasteiger partial charge on any atom is 0.417 e. The number of carbonyl (C=O) groups excluding carboxylic acids is 1. The molecule has 24 heavy (non-hydrogen) atoms. The largest absolute Gasteiger partial charge is 0.417 e. The van der Waals surface area contributed by atoms with Crippen LogP contribution in [0.4, 0.5) is 23.2 Å². The molecule has 124 valence electrons. The minimum atomic E-state index is -4.71. The number of nitrogens with zero attached hydrogens (tertiary/aromatic N) is 2. The molecule has 0 fully saturated rings. The second-order valence-corrected chi connectivity index (χ2v) is 4.88. The Bertz CT molecular complexity index is 844. The number of hydrogen-bond acceptors (Lipinski definition) is 2. The molecule has 1 amide bonds. The van der Waals surface area contributed by atoms with Crippen LogP contribution in [0.2, 0.25) is 0 Å². The first-order chi connectivity index (χ1) is 11.2. The SMILES string of the molecule is C/C(=C\C(=O)Nc1ccc(C#N)c(C(F)(F)F)c1)n1ccc(F)c1. The third-order valence-electron chi connectivity index (χ3n) is 3.12. The number of alkyl halides is 3. The Labute approximate surface area is 134 Å². The topological polar surface area (TPSA) is 57.8 Å². The molecule has 2 aromatic rings. The molecule has 0 spiro atoms. The molecule has 0 aliphatic heterocycles. The van der Waals surface area contributed by atoms with Crippen LogP contribution in [-0.4, -0.2) is 10.5 Å². The van der Waals surface area contributed by atoms with Gasteiger partial charge in [-0.1, -0.05) is 0 Å². The third kappa shape index (κ3) is 4.01. The predicted molar refractivity (Wildman–Crippen MR) is 79.1 cm³/mol. The number of nitrogens with one attached hydrogen (secondary N) is 1. The highest BCUT2D eigenvalue weighted by atomic mass is 19.4. The van der Waals surface area contributed by atoms with Gasteiger partial charge < -0.3 is 9.88 Å². The van der Waals surface area contributed by atoms with Crippen LogP contribution in [0, 0.1) is 17.1 Å². The average Bonchev–Trinajstić information content (AvgIpc) is 2.93. The predicted octanol–water partition coefficient (Wildman–Crippen LogP) is 4.02. The van der Waals surface area contributed by atoms with Gasteiger partial charge in [0.15, 0.2) is 0 Å². The van der Waals surface area contributed by atoms with E-state index in [0.717, 1.165) is 18.3 Å². The summed E-state index contributed by atoms with van der Waals surface area (Å²) >= 11 is 0. The number of rotatable bonds is 3. The van der Waals surface area contributed by atoms with Gasteiger partial charge in [0.2, 0.25) is 5.91 Å². The fraction of sp³-hybridized carbons (Fsp3) is 0.125. The molecule has 0 saturated heterocycles. The molecular weight excluding hydrogens is 326 g/mol. The number of aromatic nitrogens is 1. The van der Waals surface area contributed by atoms with Gasteiger partial charge in [-0.25, -0.2) is 4.39 Å². The smallest absolute Gasteiger partial charge is 0.325 e. The Morgan fingerprint density at radius 1 is 1.33 bits per heavy atom. The Morgan fingerprint density at radius 2 is 2.04 bits per heavy atom. The summed E-state index contributed by atoms with van der Waals surface area (Å²) in [5, 5.41) is 11.0. The van der Waals surface area contributed by atoms with Crippen LogP contribution in [-0.2, 0) is 11.0 Å². The van der Waals surface area contributed by atoms with E-state index in [1.807, 2.05) is 0 Å². The molecule has 0 unspecified atom stereocenters. The lowest BCUT2D eigenvalue weighted by Gasteiger charge is -2.11. The highest BCUT2D eigenvalue weighted by Gasteiger charge is 2.33. The van der Waals surface area contributed by atoms with Crippen molar-refractivity contribution >= 4 is 17.3 Å². The van der Waals surface area contributed by atoms with Crippen LogP contribution >= 0.6 is 0 Å². The Balaban J connectivity index is 2.22. The molecule has 0 saturated carbocycles. The maximum absolute atomic E-state index is 12.9. The fourth-order valence-electron chi connectivity index (χ4n) is 1.99. The maximum atomic E-state index is 12.9. The molecule has 0 aliphatic rings. The van der Waals surface area contributed by atoms with E-state index in [0.29, 0.717) is 11.8 Å². The summed E-state index contributed by atoms with van der Waals surface area (Å²) in [6, 6.07) is 5.53. The molecular formula is C16H11F4N3O. The van der Waals surface area contributed by atoms with Crippen molar-refractivity contribution in [2.24, 2.45) is 0 Å². The number of halogens is 4. The van der Waals surface area contributed by atoms with E-state index < -0.39 is 29.0 Å². The second-order valence-electron chi connectivity index (χ2n) is 4.88. The standard InChI is InChI=1S/C16H11F4N3O/c1-10(23-5-4-12(17)9-23)6-15(24)22-13-3-2-11(8-21)14(7-13)16(18,19)20/h2-7,9H,1H3,(H,22,24)/b10-6+. The van der Waals surface area contributed by atoms with Crippen molar-refractivity contribution in [3.8, 4) is 6.07 Å². The van der Waals surface area contributed by atoms with Crippen molar-refractivity contribution in [2.75, 3.05) is 5.32 Å². The van der Waals surface area contributed by atoms with Crippen LogP contribution in [0.25, 0.3) is 5.70 Å². The van der Waals surface area contributed by atoms with E-state index in [-0.39, 0.29) is 5.69 Å². The minimum absolute atomic E-state index is 0.103. The Kier molecular flexibility index (Phi) is 4.74. The molecule has 1 N–H and O–H groups in total. The fourth-order valence-corrected chi connectivity index (χ4v) is 1.99. The number of hydrogen-bond donors (Lipinski definition) is 1. The molecule has 8 heteroatoms. The Hall–Kier alpha value is -3.08. The van der Waals surface area contributed by atoms with E-state index in [1.54, 1.807) is 6.92 Å². The summed E-state index contributed by atoms with van der Waals surface area (Å²) in [6.07, 6.45) is -1.04. The first-order valence-electron chi connectivity index (χ1n) is 6.65. The number of amides is 1. The lowest BCUT2D eigenvalue weighted by atomic mass is 10.1. The minimum Gasteiger partial charge on any atom is -0.325 e. The van der Waals surface area contributed by atoms with Gasteiger partial charge in [0.1, 0.15) is 5.82 Å². The summed E-state index contributed by atoms with van der Waals surface area (Å²) in [5.41, 5.74) is -1.39. The molecule has 1 heterocycles. The van der Waals surface area contributed by atoms with Gasteiger partial charge in [-0.3, -0.25) is 4.79 Å². The molecule has 0 atom stereocenters. The van der Waals surface area contributed by atoms with Crippen LogP contribution in [0.1, 0.15) is 18.1 Å². The second kappa shape index (κ2) is 6.58. The summed E-state index contributed by atoms with van der Waals surface area (Å²) in [4.78, 5) is 11.9. The van der Waals surface area contributed by atoms with Crippen LogP contribution in [0.5, 0.6) is 0 Å². The van der Waals surface area contributed by atoms with E-state index in [9.17, 15) is 22.4 Å². The van der Waals surface area contributed by atoms with Crippen LogP contribution in [0.15, 0.2) is 42.7 Å². The third-order valence-corrected chi connectivity index (χ3v) is 3.12. The van der Waals surface area contributed by atoms with Gasteiger partial charge >= 0.3 is 6.18 Å². The molecule has 2 rings (SSSR count). The average molecular weight is 337 g/mol. The first-order valence-corrected chi connectivity index (χ1v) is 6.65. The van der Waals surface area contributed by atoms with Crippen molar-refractivity contribution in [3.63, 3.8) is 0 Å². The van der Waals surface area contributed by atoms with Gasteiger partial charge in [-0.2, -0.15) is 18.4 Å². The molecule has 0 bridgehead atoms. The van der Waals surface area contributed by atoms with Gasteiger partial charge in [0, 0.05) is 29.9 Å². The zero-order valence-corrected chi connectivity index (χ0v) is 12.4. The zero-order valence-electron chi connectivity index (χ0n) is 12.4. The number of allylic oxidation sites excluding steroid dienone is 1. The van der Waals surface area contributed by atoms with E-state index in [2.05, 4.69) is 5.32 Å². The molecule has 0 aliphatic carbocycles. The number of benzene rings is 1. The van der Waals surface area contributed by atoms with Crippen molar-refractivity contribution in [1.29, 1.82) is 5.26 Å². The monoisotopic (exact) mass is 337 g/mol. The van der Waals surface area contributed by atoms with Crippen molar-refractivity contribution in [2.45, 2.75) is 13.1 Å².